The second kappa shape index (κ2) is 7.36. The minimum absolute atomic E-state index is 0.229. The molecular weight excluding hydrogens is 362 g/mol. The number of sulfonamides is 1. The van der Waals surface area contributed by atoms with Crippen LogP contribution in [-0.2, 0) is 10.0 Å². The molecule has 1 N–H and O–H groups in total. The maximum absolute atomic E-state index is 13.0. The Morgan fingerprint density at radius 1 is 0.889 bits per heavy atom. The lowest BCUT2D eigenvalue weighted by molar-refractivity contribution is 0.442. The highest BCUT2D eigenvalue weighted by atomic mass is 32.2. The van der Waals surface area contributed by atoms with Crippen molar-refractivity contribution in [2.75, 3.05) is 4.72 Å². The van der Waals surface area contributed by atoms with Gasteiger partial charge in [-0.3, -0.25) is 4.72 Å². The highest BCUT2D eigenvalue weighted by Gasteiger charge is 2.22. The first-order chi connectivity index (χ1) is 12.8. The number of ether oxygens (including phenoxy) is 1. The third-order valence-electron chi connectivity index (χ3n) is 4.42. The van der Waals surface area contributed by atoms with Crippen LogP contribution in [-0.4, -0.2) is 18.4 Å². The van der Waals surface area contributed by atoms with E-state index in [9.17, 15) is 8.42 Å². The van der Waals surface area contributed by atoms with Crippen molar-refractivity contribution in [2.24, 2.45) is 0 Å². The minimum atomic E-state index is -3.71. The van der Waals surface area contributed by atoms with Crippen LogP contribution in [0.25, 0.3) is 0 Å². The molecule has 0 atom stereocenters. The van der Waals surface area contributed by atoms with Crippen LogP contribution in [0.3, 0.4) is 0 Å². The average Bonchev–Trinajstić information content (AvgIpc) is 2.62. The van der Waals surface area contributed by atoms with Gasteiger partial charge >= 0.3 is 6.01 Å². The van der Waals surface area contributed by atoms with Crippen molar-refractivity contribution in [3.63, 3.8) is 0 Å². The van der Waals surface area contributed by atoms with E-state index in [0.29, 0.717) is 16.3 Å². The molecule has 27 heavy (non-hydrogen) atoms. The zero-order chi connectivity index (χ0) is 19.6. The Bertz CT molecular complexity index is 1040. The van der Waals surface area contributed by atoms with Crippen LogP contribution in [0.4, 0.5) is 5.69 Å². The molecule has 0 aliphatic carbocycles. The normalized spacial score (nSPS) is 11.3. The van der Waals surface area contributed by atoms with Gasteiger partial charge in [-0.25, -0.2) is 18.4 Å². The summed E-state index contributed by atoms with van der Waals surface area (Å²) in [6.45, 7) is 7.48. The van der Waals surface area contributed by atoms with E-state index in [4.69, 9.17) is 4.74 Å². The van der Waals surface area contributed by atoms with Crippen LogP contribution >= 0.6 is 0 Å². The molecule has 6 nitrogen and oxygen atoms in total. The molecule has 0 fully saturated rings. The predicted octanol–water partition coefficient (Wildman–Crippen LogP) is 4.30. The van der Waals surface area contributed by atoms with Gasteiger partial charge in [0.1, 0.15) is 5.75 Å². The molecule has 1 aromatic heterocycles. The SMILES string of the molecule is Cc1cc(C)c(C)c(S(=O)(=O)Nc2ccc(Oc3ncccn3)cc2)c1C. The standard InChI is InChI=1S/C20H21N3O3S/c1-13-12-14(2)16(4)19(15(13)3)27(24,25)23-17-6-8-18(9-7-17)26-20-21-10-5-11-22-20/h5-12,23H,1-4H3. The second-order valence-corrected chi connectivity index (χ2v) is 7.97. The molecular formula is C20H21N3O3S. The summed E-state index contributed by atoms with van der Waals surface area (Å²) in [5.41, 5.74) is 3.86. The summed E-state index contributed by atoms with van der Waals surface area (Å²) in [6, 6.07) is 10.5. The Labute approximate surface area is 159 Å². The number of aromatic nitrogens is 2. The second-order valence-electron chi connectivity index (χ2n) is 6.35. The first kappa shape index (κ1) is 18.8. The number of rotatable bonds is 5. The molecule has 0 amide bonds. The van der Waals surface area contributed by atoms with Crippen LogP contribution in [0.15, 0.2) is 53.7 Å². The molecule has 3 aromatic rings. The molecule has 7 heteroatoms. The summed E-state index contributed by atoms with van der Waals surface area (Å²) in [5.74, 6) is 0.517. The maximum atomic E-state index is 13.0. The van der Waals surface area contributed by atoms with E-state index in [2.05, 4.69) is 14.7 Å². The summed E-state index contributed by atoms with van der Waals surface area (Å²) in [7, 11) is -3.71. The van der Waals surface area contributed by atoms with Crippen molar-refractivity contribution in [3.05, 3.63) is 71.0 Å². The van der Waals surface area contributed by atoms with Gasteiger partial charge in [-0.2, -0.15) is 0 Å². The van der Waals surface area contributed by atoms with Crippen LogP contribution in [0.2, 0.25) is 0 Å². The summed E-state index contributed by atoms with van der Waals surface area (Å²) < 4.78 is 34.1. The zero-order valence-corrected chi connectivity index (χ0v) is 16.5. The highest BCUT2D eigenvalue weighted by Crippen LogP contribution is 2.28. The first-order valence-corrected chi connectivity index (χ1v) is 9.91. The van der Waals surface area contributed by atoms with Crippen molar-refractivity contribution in [2.45, 2.75) is 32.6 Å². The van der Waals surface area contributed by atoms with Crippen LogP contribution in [0.1, 0.15) is 22.3 Å². The lowest BCUT2D eigenvalue weighted by atomic mass is 10.0. The van der Waals surface area contributed by atoms with E-state index in [1.54, 1.807) is 42.7 Å². The first-order valence-electron chi connectivity index (χ1n) is 8.43. The van der Waals surface area contributed by atoms with Crippen molar-refractivity contribution < 1.29 is 13.2 Å². The largest absolute Gasteiger partial charge is 0.424 e. The van der Waals surface area contributed by atoms with E-state index < -0.39 is 10.0 Å². The van der Waals surface area contributed by atoms with Crippen LogP contribution in [0, 0.1) is 27.7 Å². The van der Waals surface area contributed by atoms with Gasteiger partial charge in [0.15, 0.2) is 0 Å². The van der Waals surface area contributed by atoms with Gasteiger partial charge in [0.25, 0.3) is 10.0 Å². The summed E-state index contributed by atoms with van der Waals surface area (Å²) in [4.78, 5) is 8.30. The molecule has 1 heterocycles. The highest BCUT2D eigenvalue weighted by molar-refractivity contribution is 7.92. The van der Waals surface area contributed by atoms with Gasteiger partial charge in [0, 0.05) is 18.1 Å². The van der Waals surface area contributed by atoms with Gasteiger partial charge in [0.2, 0.25) is 0 Å². The smallest absolute Gasteiger partial charge is 0.321 e. The van der Waals surface area contributed by atoms with Gasteiger partial charge in [-0.15, -0.1) is 0 Å². The maximum Gasteiger partial charge on any atom is 0.321 e. The monoisotopic (exact) mass is 383 g/mol. The van der Waals surface area contributed by atoms with Crippen LogP contribution in [0.5, 0.6) is 11.8 Å². The molecule has 0 saturated heterocycles. The fraction of sp³-hybridized carbons (Fsp3) is 0.200. The average molecular weight is 383 g/mol. The quantitative estimate of drug-likeness (QED) is 0.710. The summed E-state index contributed by atoms with van der Waals surface area (Å²) >= 11 is 0. The molecule has 0 aliphatic heterocycles. The van der Waals surface area contributed by atoms with Crippen molar-refractivity contribution >= 4 is 15.7 Å². The lowest BCUT2D eigenvalue weighted by Crippen LogP contribution is -2.17. The van der Waals surface area contributed by atoms with Gasteiger partial charge in [-0.05, 0) is 80.3 Å². The number of nitrogens with one attached hydrogen (secondary N) is 1. The summed E-state index contributed by atoms with van der Waals surface area (Å²) in [6.07, 6.45) is 3.17. The Morgan fingerprint density at radius 2 is 1.44 bits per heavy atom. The number of aryl methyl sites for hydroxylation is 2. The number of hydrogen-bond donors (Lipinski definition) is 1. The Morgan fingerprint density at radius 3 is 2.00 bits per heavy atom. The van der Waals surface area contributed by atoms with E-state index in [1.165, 1.54) is 0 Å². The summed E-state index contributed by atoms with van der Waals surface area (Å²) in [5, 5.41) is 0. The Kier molecular flexibility index (Phi) is 5.14. The van der Waals surface area contributed by atoms with Crippen molar-refractivity contribution in [3.8, 4) is 11.8 Å². The van der Waals surface area contributed by atoms with Crippen LogP contribution < -0.4 is 9.46 Å². The van der Waals surface area contributed by atoms with E-state index >= 15 is 0 Å². The van der Waals surface area contributed by atoms with E-state index in [-0.39, 0.29) is 6.01 Å². The number of benzene rings is 2. The number of nitrogens with zero attached hydrogens (tertiary/aromatic N) is 2. The molecule has 0 radical (unpaired) electrons. The predicted molar refractivity (Wildman–Crippen MR) is 105 cm³/mol. The molecule has 0 spiro atoms. The molecule has 2 aromatic carbocycles. The fourth-order valence-electron chi connectivity index (χ4n) is 2.82. The van der Waals surface area contributed by atoms with Crippen molar-refractivity contribution in [1.82, 2.24) is 9.97 Å². The van der Waals surface area contributed by atoms with Gasteiger partial charge in [-0.1, -0.05) is 6.07 Å². The lowest BCUT2D eigenvalue weighted by Gasteiger charge is -2.17. The molecule has 0 saturated carbocycles. The van der Waals surface area contributed by atoms with Crippen molar-refractivity contribution in [1.29, 1.82) is 0 Å². The minimum Gasteiger partial charge on any atom is -0.424 e. The Hall–Kier alpha value is -2.93. The fourth-order valence-corrected chi connectivity index (χ4v) is 4.50. The third kappa shape index (κ3) is 4.09. The molecule has 0 bridgehead atoms. The molecule has 140 valence electrons. The number of anilines is 1. The topological polar surface area (TPSA) is 81.2 Å². The zero-order valence-electron chi connectivity index (χ0n) is 15.6. The third-order valence-corrected chi connectivity index (χ3v) is 6.08. The molecule has 0 aliphatic rings. The van der Waals surface area contributed by atoms with Gasteiger partial charge < -0.3 is 4.74 Å². The number of hydrogen-bond acceptors (Lipinski definition) is 5. The van der Waals surface area contributed by atoms with E-state index in [0.717, 1.165) is 22.3 Å². The van der Waals surface area contributed by atoms with E-state index in [1.807, 2.05) is 33.8 Å². The van der Waals surface area contributed by atoms with Gasteiger partial charge in [0.05, 0.1) is 4.90 Å². The molecule has 0 unspecified atom stereocenters. The Balaban J connectivity index is 1.85. The molecule has 3 rings (SSSR count).